The largest absolute Gasteiger partial charge is 0.251 e. The van der Waals surface area contributed by atoms with E-state index >= 15 is 0 Å². The molecule has 0 bridgehead atoms. The van der Waals surface area contributed by atoms with Crippen LogP contribution in [-0.2, 0) is 12.0 Å². The molecule has 1 atom stereocenters. The van der Waals surface area contributed by atoms with Crippen LogP contribution in [0.15, 0.2) is 36.9 Å². The molecule has 0 amide bonds. The van der Waals surface area contributed by atoms with Crippen LogP contribution in [0, 0.1) is 17.1 Å². The SMILES string of the molecule is C[Si](C)(C)CC(C#N)(Cn1cncn1)c1ccc(F)cc1. The normalized spacial score (nSPS) is 14.4. The molecule has 0 aliphatic rings. The van der Waals surface area contributed by atoms with Gasteiger partial charge in [0.05, 0.1) is 18.0 Å². The van der Waals surface area contributed by atoms with Crippen LogP contribution in [-0.4, -0.2) is 22.8 Å². The summed E-state index contributed by atoms with van der Waals surface area (Å²) in [6, 6.07) is 9.48. The van der Waals surface area contributed by atoms with Crippen molar-refractivity contribution < 1.29 is 4.39 Å². The maximum atomic E-state index is 13.2. The summed E-state index contributed by atoms with van der Waals surface area (Å²) in [5.74, 6) is -0.292. The summed E-state index contributed by atoms with van der Waals surface area (Å²) in [6.07, 6.45) is 3.07. The molecule has 1 unspecified atom stereocenters. The first-order chi connectivity index (χ1) is 9.85. The van der Waals surface area contributed by atoms with Gasteiger partial charge in [-0.15, -0.1) is 0 Å². The Morgan fingerprint density at radius 3 is 2.43 bits per heavy atom. The van der Waals surface area contributed by atoms with Gasteiger partial charge in [-0.25, -0.2) is 9.37 Å². The highest BCUT2D eigenvalue weighted by Crippen LogP contribution is 2.34. The Balaban J connectivity index is 2.46. The topological polar surface area (TPSA) is 54.5 Å². The summed E-state index contributed by atoms with van der Waals surface area (Å²) in [7, 11) is -1.52. The minimum absolute atomic E-state index is 0.292. The Morgan fingerprint density at radius 2 is 1.95 bits per heavy atom. The van der Waals surface area contributed by atoms with Gasteiger partial charge >= 0.3 is 0 Å². The van der Waals surface area contributed by atoms with Crippen molar-refractivity contribution in [3.63, 3.8) is 0 Å². The lowest BCUT2D eigenvalue weighted by Crippen LogP contribution is -2.38. The van der Waals surface area contributed by atoms with Crippen molar-refractivity contribution in [2.45, 2.75) is 37.6 Å². The predicted molar refractivity (Wildman–Crippen MR) is 81.9 cm³/mol. The third-order valence-electron chi connectivity index (χ3n) is 3.34. The molecule has 2 rings (SSSR count). The number of nitrogens with zero attached hydrogens (tertiary/aromatic N) is 4. The van der Waals surface area contributed by atoms with Crippen molar-refractivity contribution in [1.82, 2.24) is 14.8 Å². The van der Waals surface area contributed by atoms with Gasteiger partial charge in [0.1, 0.15) is 18.5 Å². The Labute approximate surface area is 125 Å². The zero-order valence-electron chi connectivity index (χ0n) is 12.5. The molecule has 0 radical (unpaired) electrons. The molecule has 0 saturated heterocycles. The molecule has 21 heavy (non-hydrogen) atoms. The second-order valence-electron chi connectivity index (χ2n) is 6.53. The fourth-order valence-electron chi connectivity index (χ4n) is 2.65. The molecule has 4 nitrogen and oxygen atoms in total. The van der Waals surface area contributed by atoms with E-state index in [1.54, 1.807) is 23.1 Å². The summed E-state index contributed by atoms with van der Waals surface area (Å²) in [4.78, 5) is 3.94. The van der Waals surface area contributed by atoms with Crippen molar-refractivity contribution in [2.24, 2.45) is 0 Å². The summed E-state index contributed by atoms with van der Waals surface area (Å²) in [5.41, 5.74) is 0.135. The maximum absolute atomic E-state index is 13.2. The molecule has 1 heterocycles. The highest BCUT2D eigenvalue weighted by molar-refractivity contribution is 6.76. The lowest BCUT2D eigenvalue weighted by molar-refractivity contribution is 0.455. The first-order valence-corrected chi connectivity index (χ1v) is 10.6. The lowest BCUT2D eigenvalue weighted by atomic mass is 9.83. The van der Waals surface area contributed by atoms with Gasteiger partial charge in [0.15, 0.2) is 0 Å². The van der Waals surface area contributed by atoms with Gasteiger partial charge in [0.25, 0.3) is 0 Å². The van der Waals surface area contributed by atoms with Crippen LogP contribution in [0.1, 0.15) is 5.56 Å². The van der Waals surface area contributed by atoms with Crippen molar-refractivity contribution >= 4 is 8.07 Å². The number of rotatable bonds is 5. The summed E-state index contributed by atoms with van der Waals surface area (Å²) < 4.78 is 14.9. The van der Waals surface area contributed by atoms with Crippen LogP contribution in [0.2, 0.25) is 25.7 Å². The second-order valence-corrected chi connectivity index (χ2v) is 12.0. The average Bonchev–Trinajstić information content (AvgIpc) is 2.90. The molecule has 0 N–H and O–H groups in total. The van der Waals surface area contributed by atoms with Gasteiger partial charge in [-0.05, 0) is 23.7 Å². The number of nitriles is 1. The van der Waals surface area contributed by atoms with Crippen LogP contribution in [0.4, 0.5) is 4.39 Å². The zero-order valence-corrected chi connectivity index (χ0v) is 13.5. The van der Waals surface area contributed by atoms with Crippen LogP contribution >= 0.6 is 0 Å². The molecule has 110 valence electrons. The molecule has 0 spiro atoms. The molecule has 6 heteroatoms. The molecule has 2 aromatic rings. The molecule has 1 aromatic heterocycles. The predicted octanol–water partition coefficient (Wildman–Crippen LogP) is 3.22. The van der Waals surface area contributed by atoms with E-state index in [-0.39, 0.29) is 5.82 Å². The van der Waals surface area contributed by atoms with Crippen LogP contribution in [0.5, 0.6) is 0 Å². The zero-order chi connectivity index (χ0) is 15.5. The van der Waals surface area contributed by atoms with Crippen LogP contribution in [0.3, 0.4) is 0 Å². The maximum Gasteiger partial charge on any atom is 0.137 e. The summed E-state index contributed by atoms with van der Waals surface area (Å²) in [6.45, 7) is 7.11. The van der Waals surface area contributed by atoms with E-state index in [1.807, 2.05) is 0 Å². The fourth-order valence-corrected chi connectivity index (χ4v) is 4.86. The third-order valence-corrected chi connectivity index (χ3v) is 5.01. The first kappa shape index (κ1) is 15.4. The van der Waals surface area contributed by atoms with Crippen molar-refractivity contribution in [1.29, 1.82) is 5.26 Å². The highest BCUT2D eigenvalue weighted by Gasteiger charge is 2.38. The third kappa shape index (κ3) is 3.76. The monoisotopic (exact) mass is 302 g/mol. The van der Waals surface area contributed by atoms with Gasteiger partial charge in [-0.2, -0.15) is 10.4 Å². The number of hydrogen-bond donors (Lipinski definition) is 0. The Hall–Kier alpha value is -2.00. The molecule has 0 aliphatic carbocycles. The average molecular weight is 302 g/mol. The van der Waals surface area contributed by atoms with Crippen LogP contribution in [0.25, 0.3) is 0 Å². The van der Waals surface area contributed by atoms with E-state index in [0.717, 1.165) is 11.6 Å². The van der Waals surface area contributed by atoms with Crippen molar-refractivity contribution in [3.8, 4) is 6.07 Å². The highest BCUT2D eigenvalue weighted by atomic mass is 28.3. The molecule has 1 aromatic carbocycles. The molecule has 0 saturated carbocycles. The van der Waals surface area contributed by atoms with E-state index in [0.29, 0.717) is 6.54 Å². The van der Waals surface area contributed by atoms with Crippen LogP contribution < -0.4 is 0 Å². The standard InChI is InChI=1S/C15H19FN4Si/c1-21(2,3)10-15(8-17,9-20-12-18-11-19-20)13-4-6-14(16)7-5-13/h4-7,11-12H,9-10H2,1-3H3. The van der Waals surface area contributed by atoms with E-state index in [2.05, 4.69) is 35.8 Å². The summed E-state index contributed by atoms with van der Waals surface area (Å²) in [5, 5.41) is 14.0. The Kier molecular flexibility index (Phi) is 4.23. The van der Waals surface area contributed by atoms with Crippen molar-refractivity contribution in [3.05, 3.63) is 48.3 Å². The lowest BCUT2D eigenvalue weighted by Gasteiger charge is -2.32. The molecular weight excluding hydrogens is 283 g/mol. The number of benzene rings is 1. The van der Waals surface area contributed by atoms with E-state index < -0.39 is 13.5 Å². The van der Waals surface area contributed by atoms with Gasteiger partial charge < -0.3 is 0 Å². The van der Waals surface area contributed by atoms with Gasteiger partial charge in [0.2, 0.25) is 0 Å². The fraction of sp³-hybridized carbons (Fsp3) is 0.400. The number of aromatic nitrogens is 3. The second kappa shape index (κ2) is 5.78. The van der Waals surface area contributed by atoms with Gasteiger partial charge in [-0.3, -0.25) is 4.68 Å². The minimum Gasteiger partial charge on any atom is -0.251 e. The number of halogens is 1. The molecule has 0 aliphatic heterocycles. The van der Waals surface area contributed by atoms with E-state index in [1.165, 1.54) is 18.5 Å². The van der Waals surface area contributed by atoms with E-state index in [9.17, 15) is 9.65 Å². The molecular formula is C15H19FN4Si. The quantitative estimate of drug-likeness (QED) is 0.797. The smallest absolute Gasteiger partial charge is 0.137 e. The number of hydrogen-bond acceptors (Lipinski definition) is 3. The van der Waals surface area contributed by atoms with Gasteiger partial charge in [0, 0.05) is 8.07 Å². The van der Waals surface area contributed by atoms with Crippen molar-refractivity contribution in [2.75, 3.05) is 0 Å². The minimum atomic E-state index is -1.52. The van der Waals surface area contributed by atoms with E-state index in [4.69, 9.17) is 0 Å². The Morgan fingerprint density at radius 1 is 1.29 bits per heavy atom. The van der Waals surface area contributed by atoms with Gasteiger partial charge in [-0.1, -0.05) is 31.8 Å². The molecule has 0 fully saturated rings. The summed E-state index contributed by atoms with van der Waals surface area (Å²) >= 11 is 0. The Bertz CT molecular complexity index is 625. The first-order valence-electron chi connectivity index (χ1n) is 6.84.